The quantitative estimate of drug-likeness (QED) is 0.180. The SMILES string of the molecule is c1ccc(-c2nc3ccccc3c3c2ccc2sc4c(-c5cc6c7ccccc7n7c8ccccc8c(c5)c67)cccc4c23)cc1. The molecule has 0 spiro atoms. The first kappa shape index (κ1) is 24.5. The van der Waals surface area contributed by atoms with E-state index in [1.807, 2.05) is 11.3 Å². The number of thiophene rings is 1. The van der Waals surface area contributed by atoms with Crippen LogP contribution in [0.1, 0.15) is 0 Å². The van der Waals surface area contributed by atoms with Crippen molar-refractivity contribution in [2.24, 2.45) is 0 Å². The lowest BCUT2D eigenvalue weighted by Gasteiger charge is -2.11. The van der Waals surface area contributed by atoms with Crippen molar-refractivity contribution >= 4 is 91.3 Å². The van der Waals surface area contributed by atoms with E-state index in [4.69, 9.17) is 4.98 Å². The van der Waals surface area contributed by atoms with Gasteiger partial charge in [0.2, 0.25) is 0 Å². The van der Waals surface area contributed by atoms with Crippen LogP contribution < -0.4 is 0 Å². The highest BCUT2D eigenvalue weighted by atomic mass is 32.1. The molecule has 46 heavy (non-hydrogen) atoms. The number of hydrogen-bond donors (Lipinski definition) is 0. The van der Waals surface area contributed by atoms with Crippen LogP contribution in [-0.2, 0) is 0 Å². The Hall–Kier alpha value is -5.77. The Morgan fingerprint density at radius 1 is 0.457 bits per heavy atom. The van der Waals surface area contributed by atoms with E-state index in [0.717, 1.165) is 16.8 Å². The fourth-order valence-electron chi connectivity index (χ4n) is 7.98. The Kier molecular flexibility index (Phi) is 4.75. The van der Waals surface area contributed by atoms with Crippen molar-refractivity contribution in [1.29, 1.82) is 0 Å². The number of rotatable bonds is 2. The molecule has 0 bridgehead atoms. The summed E-state index contributed by atoms with van der Waals surface area (Å²) in [5, 5.41) is 11.5. The van der Waals surface area contributed by atoms with Crippen LogP contribution in [-0.4, -0.2) is 9.38 Å². The number of benzene rings is 7. The fraction of sp³-hybridized carbons (Fsp3) is 0. The van der Waals surface area contributed by atoms with Gasteiger partial charge in [-0.15, -0.1) is 11.3 Å². The summed E-state index contributed by atoms with van der Waals surface area (Å²) < 4.78 is 5.08. The molecular weight excluding hydrogens is 577 g/mol. The number of hydrogen-bond acceptors (Lipinski definition) is 2. The summed E-state index contributed by atoms with van der Waals surface area (Å²) in [6, 6.07) is 53.2. The predicted octanol–water partition coefficient (Wildman–Crippen LogP) is 12.2. The Morgan fingerprint density at radius 3 is 1.87 bits per heavy atom. The highest BCUT2D eigenvalue weighted by Crippen LogP contribution is 2.48. The minimum absolute atomic E-state index is 1.03. The zero-order valence-electron chi connectivity index (χ0n) is 24.7. The van der Waals surface area contributed by atoms with Gasteiger partial charge in [0.1, 0.15) is 0 Å². The molecule has 2 nitrogen and oxygen atoms in total. The van der Waals surface area contributed by atoms with Gasteiger partial charge in [0.15, 0.2) is 0 Å². The van der Waals surface area contributed by atoms with Crippen molar-refractivity contribution in [1.82, 2.24) is 9.38 Å². The maximum atomic E-state index is 5.20. The molecule has 11 aromatic rings. The maximum Gasteiger partial charge on any atom is 0.0788 e. The van der Waals surface area contributed by atoms with E-state index < -0.39 is 0 Å². The van der Waals surface area contributed by atoms with Gasteiger partial charge in [0, 0.05) is 63.4 Å². The van der Waals surface area contributed by atoms with Crippen molar-refractivity contribution in [2.75, 3.05) is 0 Å². The molecular formula is C43H24N2S. The third-order valence-electron chi connectivity index (χ3n) is 9.89. The molecule has 4 heterocycles. The van der Waals surface area contributed by atoms with E-state index in [9.17, 15) is 0 Å². The molecule has 0 aliphatic rings. The van der Waals surface area contributed by atoms with Crippen LogP contribution in [0.15, 0.2) is 146 Å². The standard InChI is InChI=1S/C43H24N2S/c1-2-11-25(12-3-1)41-31-21-22-38-40(39(31)30-15-4-7-18-35(30)44-41)32-17-10-16-27(43(32)46-38)26-23-33-28-13-5-8-19-36(28)45-37-20-9-6-14-29(37)34(24-26)42(33)45/h1-24H. The number of pyridine rings is 1. The molecule has 0 saturated carbocycles. The molecule has 0 unspecified atom stereocenters. The molecule has 7 aromatic carbocycles. The molecule has 212 valence electrons. The topological polar surface area (TPSA) is 17.3 Å². The van der Waals surface area contributed by atoms with E-state index in [0.29, 0.717) is 0 Å². The van der Waals surface area contributed by atoms with Crippen LogP contribution in [0.3, 0.4) is 0 Å². The third-order valence-corrected chi connectivity index (χ3v) is 11.1. The first-order valence-corrected chi connectivity index (χ1v) is 16.5. The molecule has 0 aliphatic heterocycles. The van der Waals surface area contributed by atoms with Gasteiger partial charge in [-0.1, -0.05) is 109 Å². The number of aromatic nitrogens is 2. The van der Waals surface area contributed by atoms with Gasteiger partial charge in [-0.05, 0) is 47.5 Å². The van der Waals surface area contributed by atoms with Crippen LogP contribution in [0.4, 0.5) is 0 Å². The second-order valence-corrected chi connectivity index (χ2v) is 13.3. The van der Waals surface area contributed by atoms with Gasteiger partial charge in [-0.25, -0.2) is 4.98 Å². The Balaban J connectivity index is 1.27. The van der Waals surface area contributed by atoms with Crippen molar-refractivity contribution < 1.29 is 0 Å². The first-order chi connectivity index (χ1) is 22.8. The summed E-state index contributed by atoms with van der Waals surface area (Å²) in [6.45, 7) is 0. The number of fused-ring (bicyclic) bond motifs is 13. The Morgan fingerprint density at radius 2 is 1.11 bits per heavy atom. The van der Waals surface area contributed by atoms with Crippen molar-refractivity contribution in [3.05, 3.63) is 146 Å². The largest absolute Gasteiger partial charge is 0.308 e. The Labute approximate surface area is 267 Å². The van der Waals surface area contributed by atoms with Crippen LogP contribution in [0.2, 0.25) is 0 Å². The minimum Gasteiger partial charge on any atom is -0.308 e. The van der Waals surface area contributed by atoms with Crippen LogP contribution >= 0.6 is 11.3 Å². The van der Waals surface area contributed by atoms with Crippen LogP contribution in [0.25, 0.3) is 102 Å². The third kappa shape index (κ3) is 3.12. The summed E-state index contributed by atoms with van der Waals surface area (Å²) in [7, 11) is 0. The minimum atomic E-state index is 1.03. The first-order valence-electron chi connectivity index (χ1n) is 15.7. The maximum absolute atomic E-state index is 5.20. The predicted molar refractivity (Wildman–Crippen MR) is 198 cm³/mol. The normalized spacial score (nSPS) is 12.3. The molecule has 4 aromatic heterocycles. The van der Waals surface area contributed by atoms with Gasteiger partial charge in [-0.2, -0.15) is 0 Å². The van der Waals surface area contributed by atoms with E-state index >= 15 is 0 Å². The summed E-state index contributed by atoms with van der Waals surface area (Å²) in [5.74, 6) is 0. The summed E-state index contributed by atoms with van der Waals surface area (Å²) in [5.41, 5.74) is 9.60. The highest BCUT2D eigenvalue weighted by Gasteiger charge is 2.21. The van der Waals surface area contributed by atoms with Gasteiger partial charge in [-0.3, -0.25) is 0 Å². The van der Waals surface area contributed by atoms with Gasteiger partial charge in [0.25, 0.3) is 0 Å². The van der Waals surface area contributed by atoms with Crippen molar-refractivity contribution in [3.63, 3.8) is 0 Å². The monoisotopic (exact) mass is 600 g/mol. The summed E-state index contributed by atoms with van der Waals surface area (Å²) in [4.78, 5) is 5.20. The van der Waals surface area contributed by atoms with E-state index in [1.165, 1.54) is 85.6 Å². The lowest BCUT2D eigenvalue weighted by Crippen LogP contribution is -1.90. The smallest absolute Gasteiger partial charge is 0.0788 e. The molecule has 0 atom stereocenters. The van der Waals surface area contributed by atoms with E-state index in [1.54, 1.807) is 0 Å². The summed E-state index contributed by atoms with van der Waals surface area (Å²) in [6.07, 6.45) is 0. The zero-order valence-corrected chi connectivity index (χ0v) is 25.5. The lowest BCUT2D eigenvalue weighted by atomic mass is 9.94. The molecule has 0 amide bonds. The highest BCUT2D eigenvalue weighted by molar-refractivity contribution is 7.26. The molecule has 0 fully saturated rings. The average Bonchev–Trinajstić information content (AvgIpc) is 3.78. The second-order valence-electron chi connectivity index (χ2n) is 12.3. The lowest BCUT2D eigenvalue weighted by molar-refractivity contribution is 1.37. The van der Waals surface area contributed by atoms with Gasteiger partial charge < -0.3 is 4.40 Å². The van der Waals surface area contributed by atoms with Gasteiger partial charge in [0.05, 0.1) is 27.8 Å². The second kappa shape index (κ2) is 8.91. The Bertz CT molecular complexity index is 2940. The molecule has 0 aliphatic carbocycles. The van der Waals surface area contributed by atoms with E-state index in [-0.39, 0.29) is 0 Å². The zero-order chi connectivity index (χ0) is 29.9. The molecule has 0 saturated heterocycles. The van der Waals surface area contributed by atoms with E-state index in [2.05, 4.69) is 150 Å². The number of para-hydroxylation sites is 3. The molecule has 11 rings (SSSR count). The van der Waals surface area contributed by atoms with Crippen molar-refractivity contribution in [2.45, 2.75) is 0 Å². The van der Waals surface area contributed by atoms with Crippen LogP contribution in [0, 0.1) is 0 Å². The number of nitrogens with zero attached hydrogens (tertiary/aromatic N) is 2. The summed E-state index contributed by atoms with van der Waals surface area (Å²) >= 11 is 1.91. The van der Waals surface area contributed by atoms with Gasteiger partial charge >= 0.3 is 0 Å². The molecule has 3 heteroatoms. The van der Waals surface area contributed by atoms with Crippen LogP contribution in [0.5, 0.6) is 0 Å². The van der Waals surface area contributed by atoms with Crippen molar-refractivity contribution in [3.8, 4) is 22.4 Å². The molecule has 0 N–H and O–H groups in total. The fourth-order valence-corrected chi connectivity index (χ4v) is 9.22. The average molecular weight is 601 g/mol. The molecule has 0 radical (unpaired) electrons.